The minimum atomic E-state index is -4.50. The third-order valence-corrected chi connectivity index (χ3v) is 4.42. The number of aromatic nitrogens is 1. The number of para-hydroxylation sites is 1. The third kappa shape index (κ3) is 4.97. The van der Waals surface area contributed by atoms with Crippen LogP contribution in [0.4, 0.5) is 23.2 Å². The van der Waals surface area contributed by atoms with Crippen LogP contribution in [-0.2, 0) is 4.79 Å². The van der Waals surface area contributed by atoms with Crippen LogP contribution in [0, 0.1) is 29.0 Å². The first-order chi connectivity index (χ1) is 12.7. The normalized spacial score (nSPS) is 16.3. The highest BCUT2D eigenvalue weighted by atomic mass is 19.4. The molecule has 1 aliphatic rings. The van der Waals surface area contributed by atoms with E-state index in [1.54, 1.807) is 6.07 Å². The molecule has 1 amide bonds. The quantitative estimate of drug-likeness (QED) is 0.596. The zero-order valence-electron chi connectivity index (χ0n) is 14.7. The zero-order valence-corrected chi connectivity index (χ0v) is 14.7. The first-order valence-corrected chi connectivity index (χ1v) is 8.57. The lowest BCUT2D eigenvalue weighted by molar-refractivity contribution is -0.163. The first kappa shape index (κ1) is 19.2. The number of anilines is 1. The maximum Gasteiger partial charge on any atom is 0.390 e. The van der Waals surface area contributed by atoms with Gasteiger partial charge in [0.05, 0.1) is 23.7 Å². The van der Waals surface area contributed by atoms with Gasteiger partial charge in [0.25, 0.3) is 0 Å². The molecule has 3 rings (SSSR count). The van der Waals surface area contributed by atoms with Gasteiger partial charge >= 0.3 is 6.18 Å². The molecule has 142 valence electrons. The minimum Gasteiger partial charge on any atom is -0.324 e. The lowest BCUT2D eigenvalue weighted by atomic mass is 9.82. The van der Waals surface area contributed by atoms with Crippen molar-refractivity contribution in [2.75, 3.05) is 5.32 Å². The van der Waals surface area contributed by atoms with Gasteiger partial charge in [-0.3, -0.25) is 9.78 Å². The van der Waals surface area contributed by atoms with Crippen LogP contribution in [0.3, 0.4) is 0 Å². The Kier molecular flexibility index (Phi) is 5.09. The van der Waals surface area contributed by atoms with Crippen molar-refractivity contribution in [2.24, 2.45) is 11.3 Å². The summed E-state index contributed by atoms with van der Waals surface area (Å²) in [6.07, 6.45) is -2.83. The lowest BCUT2D eigenvalue weighted by Gasteiger charge is -2.27. The van der Waals surface area contributed by atoms with Crippen LogP contribution in [0.5, 0.6) is 0 Å². The third-order valence-electron chi connectivity index (χ3n) is 4.42. The highest BCUT2D eigenvalue weighted by Gasteiger charge is 2.44. The second kappa shape index (κ2) is 7.18. The zero-order chi connectivity index (χ0) is 19.7. The van der Waals surface area contributed by atoms with Gasteiger partial charge in [-0.25, -0.2) is 4.39 Å². The predicted octanol–water partition coefficient (Wildman–Crippen LogP) is 5.07. The Hall–Kier alpha value is -2.62. The predicted molar refractivity (Wildman–Crippen MR) is 94.2 cm³/mol. The molecule has 1 fully saturated rings. The Morgan fingerprint density at radius 3 is 2.74 bits per heavy atom. The van der Waals surface area contributed by atoms with Crippen LogP contribution in [0.2, 0.25) is 0 Å². The van der Waals surface area contributed by atoms with Crippen molar-refractivity contribution in [3.63, 3.8) is 0 Å². The van der Waals surface area contributed by atoms with E-state index in [1.807, 2.05) is 0 Å². The summed E-state index contributed by atoms with van der Waals surface area (Å²) < 4.78 is 52.7. The van der Waals surface area contributed by atoms with Crippen molar-refractivity contribution in [3.8, 4) is 11.8 Å². The summed E-state index contributed by atoms with van der Waals surface area (Å²) in [6, 6.07) is 5.84. The maximum absolute atomic E-state index is 13.7. The van der Waals surface area contributed by atoms with Crippen LogP contribution in [0.1, 0.15) is 32.6 Å². The van der Waals surface area contributed by atoms with Crippen LogP contribution < -0.4 is 5.32 Å². The largest absolute Gasteiger partial charge is 0.390 e. The smallest absolute Gasteiger partial charge is 0.324 e. The molecule has 1 atom stereocenters. The SMILES string of the molecule is CC(CC#CC1CC1)(CC(F)(F)F)C(=O)Nc1cnc2c(F)cccc2c1. The van der Waals surface area contributed by atoms with E-state index in [0.717, 1.165) is 12.8 Å². The van der Waals surface area contributed by atoms with Gasteiger partial charge in [0.15, 0.2) is 0 Å². The summed E-state index contributed by atoms with van der Waals surface area (Å²) in [4.78, 5) is 16.6. The van der Waals surface area contributed by atoms with Gasteiger partial charge in [-0.1, -0.05) is 18.1 Å². The van der Waals surface area contributed by atoms with E-state index >= 15 is 0 Å². The number of pyridine rings is 1. The summed E-state index contributed by atoms with van der Waals surface area (Å²) in [6.45, 7) is 1.26. The van der Waals surface area contributed by atoms with Gasteiger partial charge in [-0.2, -0.15) is 13.2 Å². The number of fused-ring (bicyclic) bond motifs is 1. The van der Waals surface area contributed by atoms with E-state index in [9.17, 15) is 22.4 Å². The highest BCUT2D eigenvalue weighted by Crippen LogP contribution is 2.37. The summed E-state index contributed by atoms with van der Waals surface area (Å²) in [7, 11) is 0. The van der Waals surface area contributed by atoms with Crippen molar-refractivity contribution >= 4 is 22.5 Å². The molecular weight excluding hydrogens is 360 g/mol. The summed E-state index contributed by atoms with van der Waals surface area (Å²) >= 11 is 0. The number of halogens is 4. The Labute approximate surface area is 154 Å². The molecule has 0 aliphatic heterocycles. The molecule has 1 N–H and O–H groups in total. The molecule has 3 nitrogen and oxygen atoms in total. The summed E-state index contributed by atoms with van der Waals surface area (Å²) in [5, 5.41) is 2.92. The molecule has 1 aromatic carbocycles. The van der Waals surface area contributed by atoms with Gasteiger partial charge in [-0.05, 0) is 31.9 Å². The summed E-state index contributed by atoms with van der Waals surface area (Å²) in [5.74, 6) is 4.57. The molecule has 1 heterocycles. The number of benzene rings is 1. The number of nitrogens with zero attached hydrogens (tertiary/aromatic N) is 1. The van der Waals surface area contributed by atoms with E-state index in [2.05, 4.69) is 22.1 Å². The van der Waals surface area contributed by atoms with Crippen LogP contribution in [0.15, 0.2) is 30.5 Å². The van der Waals surface area contributed by atoms with Crippen LogP contribution in [-0.4, -0.2) is 17.1 Å². The number of hydrogen-bond acceptors (Lipinski definition) is 2. The summed E-state index contributed by atoms with van der Waals surface area (Å²) in [5.41, 5.74) is -1.39. The molecule has 7 heteroatoms. The fourth-order valence-electron chi connectivity index (χ4n) is 2.76. The van der Waals surface area contributed by atoms with Gasteiger partial charge in [0, 0.05) is 17.7 Å². The van der Waals surface area contributed by atoms with E-state index in [1.165, 1.54) is 31.3 Å². The van der Waals surface area contributed by atoms with Crippen LogP contribution in [0.25, 0.3) is 10.9 Å². The topological polar surface area (TPSA) is 42.0 Å². The average molecular weight is 378 g/mol. The van der Waals surface area contributed by atoms with Gasteiger partial charge in [0.2, 0.25) is 5.91 Å². The Morgan fingerprint density at radius 2 is 2.07 bits per heavy atom. The van der Waals surface area contributed by atoms with E-state index in [4.69, 9.17) is 0 Å². The molecule has 1 aliphatic carbocycles. The number of amides is 1. The van der Waals surface area contributed by atoms with Gasteiger partial charge in [0.1, 0.15) is 11.3 Å². The van der Waals surface area contributed by atoms with Crippen molar-refractivity contribution in [1.29, 1.82) is 0 Å². The Balaban J connectivity index is 1.81. The number of hydrogen-bond donors (Lipinski definition) is 1. The second-order valence-corrected chi connectivity index (χ2v) is 7.11. The van der Waals surface area contributed by atoms with Crippen molar-refractivity contribution in [3.05, 3.63) is 36.3 Å². The molecule has 1 saturated carbocycles. The Bertz CT molecular complexity index is 925. The second-order valence-electron chi connectivity index (χ2n) is 7.11. The van der Waals surface area contributed by atoms with Crippen molar-refractivity contribution in [1.82, 2.24) is 4.98 Å². The molecule has 1 unspecified atom stereocenters. The molecule has 0 radical (unpaired) electrons. The standard InChI is InChI=1S/C20H18F4N2O/c1-19(12-20(22,23)24,9-3-4-13-7-8-13)18(27)26-15-10-14-5-2-6-16(21)17(14)25-11-15/h2,5-6,10-11,13H,7-9,12H2,1H3,(H,26,27). The van der Waals surface area contributed by atoms with E-state index < -0.39 is 29.7 Å². The highest BCUT2D eigenvalue weighted by molar-refractivity contribution is 5.96. The molecule has 27 heavy (non-hydrogen) atoms. The maximum atomic E-state index is 13.7. The number of alkyl halides is 3. The Morgan fingerprint density at radius 1 is 1.33 bits per heavy atom. The van der Waals surface area contributed by atoms with E-state index in [0.29, 0.717) is 5.39 Å². The number of nitrogens with one attached hydrogen (secondary N) is 1. The number of carbonyl (C=O) groups is 1. The lowest BCUT2D eigenvalue weighted by Crippen LogP contribution is -2.37. The fourth-order valence-corrected chi connectivity index (χ4v) is 2.76. The van der Waals surface area contributed by atoms with E-state index in [-0.39, 0.29) is 23.5 Å². The van der Waals surface area contributed by atoms with Crippen molar-refractivity contribution in [2.45, 2.75) is 38.8 Å². The minimum absolute atomic E-state index is 0.129. The molecular formula is C20H18F4N2O. The molecule has 0 spiro atoms. The average Bonchev–Trinajstić information content (AvgIpc) is 3.37. The van der Waals surface area contributed by atoms with Crippen LogP contribution >= 0.6 is 0 Å². The van der Waals surface area contributed by atoms with Crippen molar-refractivity contribution < 1.29 is 22.4 Å². The number of rotatable bonds is 4. The molecule has 1 aromatic heterocycles. The van der Waals surface area contributed by atoms with Gasteiger partial charge in [-0.15, -0.1) is 5.92 Å². The molecule has 2 aromatic rings. The molecule has 0 saturated heterocycles. The first-order valence-electron chi connectivity index (χ1n) is 8.57. The fraction of sp³-hybridized carbons (Fsp3) is 0.400. The molecule has 0 bridgehead atoms. The number of carbonyl (C=O) groups excluding carboxylic acids is 1. The monoisotopic (exact) mass is 378 g/mol. The van der Waals surface area contributed by atoms with Gasteiger partial charge < -0.3 is 5.32 Å².